The fraction of sp³-hybridized carbons (Fsp3) is 0.552. The Kier molecular flexibility index (Phi) is 6.01. The summed E-state index contributed by atoms with van der Waals surface area (Å²) in [6.45, 7) is 8.14. The highest BCUT2D eigenvalue weighted by molar-refractivity contribution is 5.93. The first-order valence-electron chi connectivity index (χ1n) is 12.1. The van der Waals surface area contributed by atoms with Crippen molar-refractivity contribution >= 4 is 5.78 Å². The molecule has 1 aromatic rings. The standard InChI is InChI=1S/C27H30O2.C2H6/c1-3-14-27(29)15-13-24-22-11-9-19-16-20(28)10-12-21(19)25(22)23(17-26(24,27)2)18-7-5-4-6-8-18;1-2/h4-8,16,22-24,29H,9-13,15,17H2,1-2H3;1-2H3. The first-order valence-corrected chi connectivity index (χ1v) is 12.1. The van der Waals surface area contributed by atoms with Crippen molar-refractivity contribution in [3.63, 3.8) is 0 Å². The van der Waals surface area contributed by atoms with Gasteiger partial charge >= 0.3 is 0 Å². The van der Waals surface area contributed by atoms with Gasteiger partial charge in [-0.25, -0.2) is 0 Å². The molecule has 2 heteroatoms. The number of allylic oxidation sites excluding steroid dienone is 4. The van der Waals surface area contributed by atoms with Crippen LogP contribution >= 0.6 is 0 Å². The number of rotatable bonds is 1. The summed E-state index contributed by atoms with van der Waals surface area (Å²) in [7, 11) is 0. The Morgan fingerprint density at radius 3 is 2.52 bits per heavy atom. The van der Waals surface area contributed by atoms with Crippen molar-refractivity contribution in [1.29, 1.82) is 0 Å². The molecule has 5 rings (SSSR count). The molecular weight excluding hydrogens is 380 g/mol. The van der Waals surface area contributed by atoms with Gasteiger partial charge in [-0.2, -0.15) is 0 Å². The van der Waals surface area contributed by atoms with Crippen molar-refractivity contribution in [3.05, 3.63) is 58.7 Å². The van der Waals surface area contributed by atoms with Gasteiger partial charge in [0.05, 0.1) is 0 Å². The maximum atomic E-state index is 12.1. The average Bonchev–Trinajstić information content (AvgIpc) is 3.05. The molecule has 5 unspecified atom stereocenters. The van der Waals surface area contributed by atoms with E-state index < -0.39 is 5.60 Å². The minimum atomic E-state index is -0.895. The highest BCUT2D eigenvalue weighted by atomic mass is 16.3. The van der Waals surface area contributed by atoms with Crippen molar-refractivity contribution in [2.75, 3.05) is 0 Å². The first-order chi connectivity index (χ1) is 15.0. The largest absolute Gasteiger partial charge is 0.377 e. The molecule has 31 heavy (non-hydrogen) atoms. The van der Waals surface area contributed by atoms with Gasteiger partial charge in [-0.1, -0.05) is 62.6 Å². The SMILES string of the molecule is CC.CC#CC1(O)CCC2C3CCC4=CC(=O)CCC4=C3C(c3ccccc3)CC21C. The van der Waals surface area contributed by atoms with Gasteiger partial charge in [-0.05, 0) is 80.1 Å². The zero-order valence-electron chi connectivity index (χ0n) is 19.5. The number of hydrogen-bond acceptors (Lipinski definition) is 2. The van der Waals surface area contributed by atoms with Crippen LogP contribution in [0.2, 0.25) is 0 Å². The van der Waals surface area contributed by atoms with Crippen LogP contribution in [0.25, 0.3) is 0 Å². The second-order valence-electron chi connectivity index (χ2n) is 9.68. The van der Waals surface area contributed by atoms with Crippen LogP contribution in [0.5, 0.6) is 0 Å². The molecule has 1 aromatic carbocycles. The van der Waals surface area contributed by atoms with Crippen LogP contribution < -0.4 is 0 Å². The zero-order chi connectivity index (χ0) is 22.2. The van der Waals surface area contributed by atoms with Crippen LogP contribution in [0.3, 0.4) is 0 Å². The van der Waals surface area contributed by atoms with E-state index >= 15 is 0 Å². The maximum absolute atomic E-state index is 12.1. The number of fused-ring (bicyclic) bond motifs is 4. The molecule has 0 aliphatic heterocycles. The number of benzene rings is 1. The lowest BCUT2D eigenvalue weighted by molar-refractivity contribution is -0.114. The predicted molar refractivity (Wildman–Crippen MR) is 126 cm³/mol. The monoisotopic (exact) mass is 416 g/mol. The molecule has 0 aromatic heterocycles. The molecule has 0 heterocycles. The highest BCUT2D eigenvalue weighted by Gasteiger charge is 2.62. The number of ketones is 1. The van der Waals surface area contributed by atoms with E-state index in [9.17, 15) is 9.90 Å². The molecule has 5 atom stereocenters. The number of hydrogen-bond donors (Lipinski definition) is 1. The molecule has 4 aliphatic carbocycles. The fourth-order valence-electron chi connectivity index (χ4n) is 7.06. The van der Waals surface area contributed by atoms with Gasteiger partial charge in [0.15, 0.2) is 5.78 Å². The van der Waals surface area contributed by atoms with Crippen molar-refractivity contribution < 1.29 is 9.90 Å². The Labute approximate surface area is 187 Å². The average molecular weight is 417 g/mol. The summed E-state index contributed by atoms with van der Waals surface area (Å²) in [5.74, 6) is 7.80. The fourth-order valence-corrected chi connectivity index (χ4v) is 7.06. The minimum absolute atomic E-state index is 0.197. The third-order valence-corrected chi connectivity index (χ3v) is 8.42. The van der Waals surface area contributed by atoms with Gasteiger partial charge in [-0.3, -0.25) is 4.79 Å². The van der Waals surface area contributed by atoms with Gasteiger partial charge in [0.2, 0.25) is 0 Å². The normalized spacial score (nSPS) is 36.1. The van der Waals surface area contributed by atoms with Crippen molar-refractivity contribution in [2.45, 2.75) is 84.2 Å². The van der Waals surface area contributed by atoms with Gasteiger partial charge in [0.1, 0.15) is 5.60 Å². The van der Waals surface area contributed by atoms with E-state index in [1.807, 2.05) is 26.8 Å². The second-order valence-corrected chi connectivity index (χ2v) is 9.68. The Hall–Kier alpha value is -2.11. The summed E-state index contributed by atoms with van der Waals surface area (Å²) in [5, 5.41) is 11.6. The summed E-state index contributed by atoms with van der Waals surface area (Å²) in [6, 6.07) is 10.8. The van der Waals surface area contributed by atoms with Gasteiger partial charge in [-0.15, -0.1) is 5.92 Å². The van der Waals surface area contributed by atoms with Crippen LogP contribution in [-0.4, -0.2) is 16.5 Å². The molecule has 0 radical (unpaired) electrons. The van der Waals surface area contributed by atoms with Crippen LogP contribution in [0.15, 0.2) is 53.1 Å². The van der Waals surface area contributed by atoms with E-state index in [1.54, 1.807) is 5.57 Å². The van der Waals surface area contributed by atoms with Crippen molar-refractivity contribution in [3.8, 4) is 11.8 Å². The number of carbonyl (C=O) groups is 1. The maximum Gasteiger partial charge on any atom is 0.156 e. The van der Waals surface area contributed by atoms with Gasteiger partial charge in [0.25, 0.3) is 0 Å². The Morgan fingerprint density at radius 2 is 1.81 bits per heavy atom. The molecule has 1 N–H and O–H groups in total. The molecule has 2 fully saturated rings. The summed E-state index contributed by atoms with van der Waals surface area (Å²) >= 11 is 0. The van der Waals surface area contributed by atoms with E-state index in [0.29, 0.717) is 24.2 Å². The van der Waals surface area contributed by atoms with E-state index in [2.05, 4.69) is 49.1 Å². The molecule has 2 saturated carbocycles. The van der Waals surface area contributed by atoms with Crippen LogP contribution in [-0.2, 0) is 4.79 Å². The lowest BCUT2D eigenvalue weighted by atomic mass is 9.51. The summed E-state index contributed by atoms with van der Waals surface area (Å²) < 4.78 is 0. The van der Waals surface area contributed by atoms with Crippen molar-refractivity contribution in [2.24, 2.45) is 17.3 Å². The van der Waals surface area contributed by atoms with E-state index in [1.165, 1.54) is 16.7 Å². The van der Waals surface area contributed by atoms with E-state index in [0.717, 1.165) is 38.5 Å². The molecule has 0 saturated heterocycles. The van der Waals surface area contributed by atoms with Gasteiger partial charge < -0.3 is 5.11 Å². The van der Waals surface area contributed by atoms with E-state index in [-0.39, 0.29) is 11.2 Å². The Balaban J connectivity index is 0.00000112. The predicted octanol–water partition coefficient (Wildman–Crippen LogP) is 6.37. The number of carbonyl (C=O) groups excluding carboxylic acids is 1. The van der Waals surface area contributed by atoms with Crippen LogP contribution in [0, 0.1) is 29.1 Å². The third-order valence-electron chi connectivity index (χ3n) is 8.42. The minimum Gasteiger partial charge on any atom is -0.377 e. The van der Waals surface area contributed by atoms with Crippen LogP contribution in [0.4, 0.5) is 0 Å². The zero-order valence-corrected chi connectivity index (χ0v) is 19.5. The third kappa shape index (κ3) is 3.42. The summed E-state index contributed by atoms with van der Waals surface area (Å²) in [4.78, 5) is 12.1. The summed E-state index contributed by atoms with van der Waals surface area (Å²) in [5.41, 5.74) is 4.59. The Bertz CT molecular complexity index is 973. The molecular formula is C29H36O2. The van der Waals surface area contributed by atoms with Gasteiger partial charge in [0, 0.05) is 17.8 Å². The first kappa shape index (κ1) is 22.1. The lowest BCUT2D eigenvalue weighted by Crippen LogP contribution is -2.51. The summed E-state index contributed by atoms with van der Waals surface area (Å²) in [6.07, 6.45) is 8.30. The topological polar surface area (TPSA) is 37.3 Å². The second kappa shape index (κ2) is 8.44. The molecule has 0 amide bonds. The molecule has 4 aliphatic rings. The molecule has 0 bridgehead atoms. The number of aliphatic hydroxyl groups is 1. The van der Waals surface area contributed by atoms with E-state index in [4.69, 9.17) is 0 Å². The molecule has 2 nitrogen and oxygen atoms in total. The molecule has 0 spiro atoms. The molecule has 164 valence electrons. The Morgan fingerprint density at radius 1 is 1.06 bits per heavy atom. The smallest absolute Gasteiger partial charge is 0.156 e. The quantitative estimate of drug-likeness (QED) is 0.540. The lowest BCUT2D eigenvalue weighted by Gasteiger charge is -2.53. The van der Waals surface area contributed by atoms with Crippen LogP contribution in [0.1, 0.15) is 84.1 Å². The van der Waals surface area contributed by atoms with Crippen molar-refractivity contribution in [1.82, 2.24) is 0 Å². The highest BCUT2D eigenvalue weighted by Crippen LogP contribution is 2.66.